The number of furan rings is 1. The summed E-state index contributed by atoms with van der Waals surface area (Å²) in [4.78, 5) is 12.6. The second-order valence-corrected chi connectivity index (χ2v) is 6.94. The average molecular weight is 358 g/mol. The van der Waals surface area contributed by atoms with Crippen LogP contribution < -0.4 is 0 Å². The van der Waals surface area contributed by atoms with E-state index in [9.17, 15) is 4.79 Å². The van der Waals surface area contributed by atoms with Crippen LogP contribution in [-0.2, 0) is 13.6 Å². The maximum atomic E-state index is 12.6. The third kappa shape index (κ3) is 3.16. The van der Waals surface area contributed by atoms with Gasteiger partial charge in [0.2, 0.25) is 0 Å². The summed E-state index contributed by atoms with van der Waals surface area (Å²) in [7, 11) is 1.97. The predicted molar refractivity (Wildman–Crippen MR) is 98.1 cm³/mol. The van der Waals surface area contributed by atoms with E-state index in [-0.39, 0.29) is 5.78 Å². The third-order valence-corrected chi connectivity index (χ3v) is 5.51. The van der Waals surface area contributed by atoms with E-state index in [4.69, 9.17) is 4.42 Å². The van der Waals surface area contributed by atoms with Gasteiger partial charge in [-0.15, -0.1) is 10.2 Å². The Balaban J connectivity index is 1.80. The molecule has 0 saturated heterocycles. The summed E-state index contributed by atoms with van der Waals surface area (Å²) in [6.07, 6.45) is 1.65. The standard InChI is InChI=1S/C18H22N4O2S/c1-6-22-17(14-7-8-24-13(14)4)19-20-18(22)25-10-16(23)15-9-11(2)21(5)12(15)3/h7-9H,6,10H2,1-5H3. The van der Waals surface area contributed by atoms with Gasteiger partial charge in [-0.25, -0.2) is 0 Å². The van der Waals surface area contributed by atoms with Crippen LogP contribution in [-0.4, -0.2) is 30.9 Å². The summed E-state index contributed by atoms with van der Waals surface area (Å²) >= 11 is 1.42. The molecule has 0 N–H and O–H groups in total. The van der Waals surface area contributed by atoms with Crippen LogP contribution in [0.4, 0.5) is 0 Å². The van der Waals surface area contributed by atoms with Crippen LogP contribution in [0.15, 0.2) is 28.0 Å². The highest BCUT2D eigenvalue weighted by atomic mass is 32.2. The molecule has 7 heteroatoms. The number of rotatable bonds is 6. The van der Waals surface area contributed by atoms with Gasteiger partial charge in [0.05, 0.1) is 17.6 Å². The van der Waals surface area contributed by atoms with Gasteiger partial charge in [-0.2, -0.15) is 0 Å². The number of hydrogen-bond donors (Lipinski definition) is 0. The Kier molecular flexibility index (Phi) is 4.85. The van der Waals surface area contributed by atoms with Crippen LogP contribution in [0.25, 0.3) is 11.4 Å². The number of aryl methyl sites for hydroxylation is 2. The van der Waals surface area contributed by atoms with Crippen LogP contribution in [0, 0.1) is 20.8 Å². The molecule has 0 spiro atoms. The molecule has 6 nitrogen and oxygen atoms in total. The van der Waals surface area contributed by atoms with Crippen molar-refractivity contribution in [1.82, 2.24) is 19.3 Å². The summed E-state index contributed by atoms with van der Waals surface area (Å²) in [5, 5.41) is 9.31. The molecule has 3 aromatic rings. The van der Waals surface area contributed by atoms with Gasteiger partial charge < -0.3 is 13.6 Å². The zero-order valence-electron chi connectivity index (χ0n) is 15.2. The van der Waals surface area contributed by atoms with E-state index in [1.807, 2.05) is 56.0 Å². The van der Waals surface area contributed by atoms with Gasteiger partial charge in [0.15, 0.2) is 16.8 Å². The summed E-state index contributed by atoms with van der Waals surface area (Å²) in [6.45, 7) is 8.65. The van der Waals surface area contributed by atoms with Crippen molar-refractivity contribution in [3.63, 3.8) is 0 Å². The number of nitrogens with zero attached hydrogens (tertiary/aromatic N) is 4. The van der Waals surface area contributed by atoms with E-state index in [1.54, 1.807) is 6.26 Å². The molecule has 0 atom stereocenters. The largest absolute Gasteiger partial charge is 0.469 e. The average Bonchev–Trinajstić information content (AvgIpc) is 3.26. The number of Topliss-reactive ketones (excluding diaryl/α,β-unsaturated/α-hetero) is 1. The van der Waals surface area contributed by atoms with E-state index in [0.717, 1.165) is 45.8 Å². The molecule has 0 bridgehead atoms. The molecule has 0 aliphatic carbocycles. The lowest BCUT2D eigenvalue weighted by Crippen LogP contribution is -2.06. The van der Waals surface area contributed by atoms with Gasteiger partial charge >= 0.3 is 0 Å². The Morgan fingerprint density at radius 3 is 2.60 bits per heavy atom. The summed E-state index contributed by atoms with van der Waals surface area (Å²) < 4.78 is 9.41. The Morgan fingerprint density at radius 1 is 1.28 bits per heavy atom. The molecule has 3 heterocycles. The lowest BCUT2D eigenvalue weighted by atomic mass is 10.2. The molecule has 25 heavy (non-hydrogen) atoms. The minimum Gasteiger partial charge on any atom is -0.469 e. The molecule has 0 fully saturated rings. The second kappa shape index (κ2) is 6.92. The maximum Gasteiger partial charge on any atom is 0.191 e. The molecule has 0 amide bonds. The minimum atomic E-state index is 0.109. The van der Waals surface area contributed by atoms with Gasteiger partial charge in [-0.3, -0.25) is 4.79 Å². The molecule has 0 saturated carbocycles. The fraction of sp³-hybridized carbons (Fsp3) is 0.389. The number of carbonyl (C=O) groups excluding carboxylic acids is 1. The van der Waals surface area contributed by atoms with Gasteiger partial charge in [-0.05, 0) is 39.8 Å². The molecule has 3 aromatic heterocycles. The second-order valence-electron chi connectivity index (χ2n) is 6.00. The van der Waals surface area contributed by atoms with E-state index in [0.29, 0.717) is 5.75 Å². The van der Waals surface area contributed by atoms with Crippen molar-refractivity contribution in [2.45, 2.75) is 39.4 Å². The SMILES string of the molecule is CCn1c(SCC(=O)c2cc(C)n(C)c2C)nnc1-c1ccoc1C. The van der Waals surface area contributed by atoms with Crippen LogP contribution in [0.1, 0.15) is 34.4 Å². The van der Waals surface area contributed by atoms with Crippen molar-refractivity contribution < 1.29 is 9.21 Å². The maximum absolute atomic E-state index is 12.6. The molecule has 0 radical (unpaired) electrons. The molecule has 3 rings (SSSR count). The fourth-order valence-corrected chi connectivity index (χ4v) is 3.73. The highest BCUT2D eigenvalue weighted by molar-refractivity contribution is 7.99. The first-order valence-corrected chi connectivity index (χ1v) is 9.19. The molecule has 0 unspecified atom stereocenters. The molecule has 0 aliphatic rings. The number of aromatic nitrogens is 4. The van der Waals surface area contributed by atoms with Crippen LogP contribution in [0.2, 0.25) is 0 Å². The van der Waals surface area contributed by atoms with Crippen LogP contribution in [0.5, 0.6) is 0 Å². The molecular formula is C18H22N4O2S. The van der Waals surface area contributed by atoms with Crippen molar-refractivity contribution in [1.29, 1.82) is 0 Å². The Labute approximate surface area is 151 Å². The summed E-state index contributed by atoms with van der Waals surface area (Å²) in [5.41, 5.74) is 3.79. The number of carbonyl (C=O) groups is 1. The highest BCUT2D eigenvalue weighted by Crippen LogP contribution is 2.27. The topological polar surface area (TPSA) is 65.8 Å². The van der Waals surface area contributed by atoms with E-state index >= 15 is 0 Å². The first kappa shape index (κ1) is 17.5. The molecule has 132 valence electrons. The Morgan fingerprint density at radius 2 is 2.04 bits per heavy atom. The van der Waals surface area contributed by atoms with Crippen molar-refractivity contribution in [3.8, 4) is 11.4 Å². The van der Waals surface area contributed by atoms with Gasteiger partial charge in [0.1, 0.15) is 5.76 Å². The summed E-state index contributed by atoms with van der Waals surface area (Å²) in [5.74, 6) is 2.03. The van der Waals surface area contributed by atoms with Crippen molar-refractivity contribution in [2.75, 3.05) is 5.75 Å². The van der Waals surface area contributed by atoms with Gasteiger partial charge in [-0.1, -0.05) is 11.8 Å². The van der Waals surface area contributed by atoms with Crippen LogP contribution >= 0.6 is 11.8 Å². The lowest BCUT2D eigenvalue weighted by Gasteiger charge is -2.06. The monoisotopic (exact) mass is 358 g/mol. The first-order valence-electron chi connectivity index (χ1n) is 8.20. The fourth-order valence-electron chi connectivity index (χ4n) is 2.84. The quantitative estimate of drug-likeness (QED) is 0.495. The number of thioether (sulfide) groups is 1. The van der Waals surface area contributed by atoms with Crippen molar-refractivity contribution in [2.24, 2.45) is 7.05 Å². The molecular weight excluding hydrogens is 336 g/mol. The first-order chi connectivity index (χ1) is 11.9. The number of hydrogen-bond acceptors (Lipinski definition) is 5. The van der Waals surface area contributed by atoms with E-state index in [2.05, 4.69) is 10.2 Å². The molecule has 0 aliphatic heterocycles. The normalized spacial score (nSPS) is 11.2. The Bertz CT molecular complexity index is 920. The zero-order chi connectivity index (χ0) is 18.1. The zero-order valence-corrected chi connectivity index (χ0v) is 16.0. The van der Waals surface area contributed by atoms with Crippen molar-refractivity contribution in [3.05, 3.63) is 41.1 Å². The van der Waals surface area contributed by atoms with E-state index < -0.39 is 0 Å². The van der Waals surface area contributed by atoms with Gasteiger partial charge in [0.25, 0.3) is 0 Å². The summed E-state index contributed by atoms with van der Waals surface area (Å²) in [6, 6.07) is 3.84. The predicted octanol–water partition coefficient (Wildman–Crippen LogP) is 3.80. The smallest absolute Gasteiger partial charge is 0.191 e. The highest BCUT2D eigenvalue weighted by Gasteiger charge is 2.19. The third-order valence-electron chi connectivity index (χ3n) is 4.54. The minimum absolute atomic E-state index is 0.109. The Hall–Kier alpha value is -2.28. The van der Waals surface area contributed by atoms with E-state index in [1.165, 1.54) is 11.8 Å². The van der Waals surface area contributed by atoms with Crippen LogP contribution in [0.3, 0.4) is 0 Å². The number of ketones is 1. The van der Waals surface area contributed by atoms with Crippen molar-refractivity contribution >= 4 is 17.5 Å². The lowest BCUT2D eigenvalue weighted by molar-refractivity contribution is 0.102. The van der Waals surface area contributed by atoms with Gasteiger partial charge in [0, 0.05) is 30.5 Å². The molecule has 0 aromatic carbocycles.